The quantitative estimate of drug-likeness (QED) is 0.532. The van der Waals surface area contributed by atoms with Crippen molar-refractivity contribution in [3.05, 3.63) is 46.7 Å². The first-order valence-corrected chi connectivity index (χ1v) is 8.96. The average Bonchev–Trinajstić information content (AvgIpc) is 3.35. The smallest absolute Gasteiger partial charge is 0.290 e. The maximum absolute atomic E-state index is 12.3. The van der Waals surface area contributed by atoms with E-state index in [1.165, 1.54) is 22.6 Å². The number of nitrogens with zero attached hydrogens (tertiary/aromatic N) is 7. The lowest BCUT2D eigenvalue weighted by atomic mass is 10.1. The number of anilines is 1. The summed E-state index contributed by atoms with van der Waals surface area (Å²) in [4.78, 5) is 33.8. The molecule has 152 valence electrons. The van der Waals surface area contributed by atoms with E-state index in [1.54, 1.807) is 30.9 Å². The molecule has 3 rings (SSSR count). The number of carbonyl (C=O) groups excluding carboxylic acids is 2. The molecule has 2 aromatic heterocycles. The molecule has 0 aliphatic heterocycles. The van der Waals surface area contributed by atoms with Gasteiger partial charge in [0.05, 0.1) is 13.0 Å². The minimum atomic E-state index is -0.291. The van der Waals surface area contributed by atoms with Crippen LogP contribution in [0.15, 0.2) is 30.6 Å². The number of nitrogens with one attached hydrogen (secondary N) is 1. The van der Waals surface area contributed by atoms with Crippen LogP contribution in [-0.4, -0.2) is 72.8 Å². The van der Waals surface area contributed by atoms with Gasteiger partial charge in [0, 0.05) is 19.7 Å². The van der Waals surface area contributed by atoms with Crippen LogP contribution >= 0.6 is 11.3 Å². The van der Waals surface area contributed by atoms with Gasteiger partial charge in [-0.25, -0.2) is 4.68 Å². The molecular formula is C16H18N8O4S. The summed E-state index contributed by atoms with van der Waals surface area (Å²) >= 11 is 1.18. The molecule has 0 atom stereocenters. The Morgan fingerprint density at radius 2 is 1.93 bits per heavy atom. The van der Waals surface area contributed by atoms with Crippen LogP contribution in [0.1, 0.15) is 20.9 Å². The van der Waals surface area contributed by atoms with Crippen LogP contribution < -0.4 is 5.32 Å². The van der Waals surface area contributed by atoms with Crippen LogP contribution in [0.2, 0.25) is 0 Å². The Hall–Kier alpha value is -3.74. The zero-order valence-corrected chi connectivity index (χ0v) is 16.4. The molecule has 0 aliphatic carbocycles. The third kappa shape index (κ3) is 6.73. The molecule has 0 spiro atoms. The van der Waals surface area contributed by atoms with Crippen LogP contribution in [0.5, 0.6) is 0 Å². The Morgan fingerprint density at radius 3 is 2.52 bits per heavy atom. The molecule has 3 aromatic rings. The van der Waals surface area contributed by atoms with Crippen molar-refractivity contribution in [2.75, 3.05) is 19.4 Å². The van der Waals surface area contributed by atoms with Crippen molar-refractivity contribution in [2.24, 2.45) is 0 Å². The van der Waals surface area contributed by atoms with Crippen molar-refractivity contribution >= 4 is 34.8 Å². The lowest BCUT2D eigenvalue weighted by molar-refractivity contribution is -0.128. The molecule has 2 amide bonds. The standard InChI is InChI=1S/C15H16N8O2S.CH2O2/c1-22(2)13(24)7-12-18-19-15(26-12)17-14(25)11-5-3-10(4-6-11)8-23-9-16-20-21-23;2-1-3/h3-6,9H,7-8H2,1-2H3,(H,17,19,25);1H,(H,2,3). The molecular weight excluding hydrogens is 400 g/mol. The minimum absolute atomic E-state index is 0.0720. The van der Waals surface area contributed by atoms with E-state index < -0.39 is 0 Å². The first-order valence-electron chi connectivity index (χ1n) is 8.14. The summed E-state index contributed by atoms with van der Waals surface area (Å²) in [6, 6.07) is 7.09. The Labute approximate surface area is 169 Å². The minimum Gasteiger partial charge on any atom is -0.483 e. The van der Waals surface area contributed by atoms with Crippen molar-refractivity contribution in [1.29, 1.82) is 0 Å². The van der Waals surface area contributed by atoms with E-state index in [2.05, 4.69) is 31.0 Å². The molecule has 0 unspecified atom stereocenters. The Kier molecular flexibility index (Phi) is 7.85. The van der Waals surface area contributed by atoms with Gasteiger partial charge in [-0.15, -0.1) is 15.3 Å². The number of aromatic nitrogens is 6. The summed E-state index contributed by atoms with van der Waals surface area (Å²) in [5.74, 6) is -0.363. The average molecular weight is 418 g/mol. The van der Waals surface area contributed by atoms with Crippen LogP contribution in [0.25, 0.3) is 0 Å². The van der Waals surface area contributed by atoms with Crippen LogP contribution in [0.4, 0.5) is 5.13 Å². The summed E-state index contributed by atoms with van der Waals surface area (Å²) in [5.41, 5.74) is 1.46. The lowest BCUT2D eigenvalue weighted by Crippen LogP contribution is -2.23. The predicted octanol–water partition coefficient (Wildman–Crippen LogP) is 0.157. The molecule has 0 fully saturated rings. The molecule has 0 aliphatic rings. The summed E-state index contributed by atoms with van der Waals surface area (Å²) < 4.78 is 1.59. The number of benzene rings is 1. The van der Waals surface area contributed by atoms with Gasteiger partial charge in [0.25, 0.3) is 12.4 Å². The first kappa shape index (κ1) is 21.6. The molecule has 0 radical (unpaired) electrons. The molecule has 12 nitrogen and oxygen atoms in total. The van der Waals surface area contributed by atoms with Crippen molar-refractivity contribution in [3.8, 4) is 0 Å². The number of hydrogen-bond acceptors (Lipinski definition) is 9. The van der Waals surface area contributed by atoms with Gasteiger partial charge in [-0.2, -0.15) is 0 Å². The highest BCUT2D eigenvalue weighted by Crippen LogP contribution is 2.17. The number of carbonyl (C=O) groups is 3. The summed E-state index contributed by atoms with van der Waals surface area (Å²) in [5, 5.41) is 29.3. The van der Waals surface area contributed by atoms with Gasteiger partial charge in [0.1, 0.15) is 11.3 Å². The number of rotatable bonds is 6. The van der Waals surface area contributed by atoms with E-state index in [0.717, 1.165) is 5.56 Å². The number of likely N-dealkylation sites (N-methyl/N-ethyl adjacent to an activating group) is 1. The van der Waals surface area contributed by atoms with Crippen LogP contribution in [0.3, 0.4) is 0 Å². The fourth-order valence-corrected chi connectivity index (χ4v) is 2.76. The predicted molar refractivity (Wildman–Crippen MR) is 102 cm³/mol. The van der Waals surface area contributed by atoms with Crippen LogP contribution in [0, 0.1) is 0 Å². The fourth-order valence-electron chi connectivity index (χ4n) is 2.03. The monoisotopic (exact) mass is 418 g/mol. The van der Waals surface area contributed by atoms with Gasteiger partial charge in [-0.05, 0) is 28.1 Å². The van der Waals surface area contributed by atoms with Gasteiger partial charge in [0.15, 0.2) is 0 Å². The third-order valence-corrected chi connectivity index (χ3v) is 4.28. The number of hydrogen-bond donors (Lipinski definition) is 2. The highest BCUT2D eigenvalue weighted by molar-refractivity contribution is 7.15. The lowest BCUT2D eigenvalue weighted by Gasteiger charge is -2.07. The molecule has 13 heteroatoms. The number of tetrazole rings is 1. The highest BCUT2D eigenvalue weighted by Gasteiger charge is 2.13. The molecule has 2 N–H and O–H groups in total. The van der Waals surface area contributed by atoms with Crippen molar-refractivity contribution in [1.82, 2.24) is 35.3 Å². The SMILES string of the molecule is CN(C)C(=O)Cc1nnc(NC(=O)c2ccc(Cn3cnnn3)cc2)s1.O=CO. The maximum Gasteiger partial charge on any atom is 0.290 e. The van der Waals surface area contributed by atoms with E-state index in [9.17, 15) is 9.59 Å². The second kappa shape index (κ2) is 10.6. The maximum atomic E-state index is 12.3. The summed E-state index contributed by atoms with van der Waals surface area (Å²) in [7, 11) is 3.35. The largest absolute Gasteiger partial charge is 0.483 e. The van der Waals surface area contributed by atoms with Crippen LogP contribution in [-0.2, 0) is 22.6 Å². The van der Waals surface area contributed by atoms with E-state index in [0.29, 0.717) is 22.2 Å². The number of amides is 2. The third-order valence-electron chi connectivity index (χ3n) is 3.44. The second-order valence-electron chi connectivity index (χ2n) is 5.73. The van der Waals surface area contributed by atoms with Crippen molar-refractivity contribution < 1.29 is 19.5 Å². The van der Waals surface area contributed by atoms with E-state index in [-0.39, 0.29) is 24.7 Å². The zero-order valence-electron chi connectivity index (χ0n) is 15.6. The molecule has 29 heavy (non-hydrogen) atoms. The van der Waals surface area contributed by atoms with Crippen molar-refractivity contribution in [3.63, 3.8) is 0 Å². The normalized spacial score (nSPS) is 9.86. The highest BCUT2D eigenvalue weighted by atomic mass is 32.1. The van der Waals surface area contributed by atoms with Gasteiger partial charge in [-0.1, -0.05) is 23.5 Å². The Morgan fingerprint density at radius 1 is 1.24 bits per heavy atom. The van der Waals surface area contributed by atoms with Crippen molar-refractivity contribution in [2.45, 2.75) is 13.0 Å². The Balaban J connectivity index is 0.000000941. The fraction of sp³-hybridized carbons (Fsp3) is 0.250. The molecule has 0 saturated heterocycles. The molecule has 0 bridgehead atoms. The van der Waals surface area contributed by atoms with E-state index in [1.807, 2.05) is 12.1 Å². The van der Waals surface area contributed by atoms with E-state index >= 15 is 0 Å². The second-order valence-corrected chi connectivity index (χ2v) is 6.79. The topological polar surface area (TPSA) is 156 Å². The zero-order chi connectivity index (χ0) is 21.2. The van der Waals surface area contributed by atoms with Gasteiger partial charge < -0.3 is 10.0 Å². The van der Waals surface area contributed by atoms with Gasteiger partial charge in [-0.3, -0.25) is 19.7 Å². The molecule has 2 heterocycles. The Bertz CT molecular complexity index is 940. The molecule has 1 aromatic carbocycles. The number of carboxylic acid groups (broad SMARTS) is 1. The van der Waals surface area contributed by atoms with Gasteiger partial charge >= 0.3 is 0 Å². The summed E-state index contributed by atoms with van der Waals surface area (Å²) in [6.45, 7) is 0.272. The van der Waals surface area contributed by atoms with E-state index in [4.69, 9.17) is 9.90 Å². The molecule has 0 saturated carbocycles. The first-order chi connectivity index (χ1) is 13.9. The summed E-state index contributed by atoms with van der Waals surface area (Å²) in [6.07, 6.45) is 1.68. The van der Waals surface area contributed by atoms with Gasteiger partial charge in [0.2, 0.25) is 11.0 Å².